The molecule has 0 radical (unpaired) electrons. The Balaban J connectivity index is 1.97. The number of nitrogens with zero attached hydrogens (tertiary/aromatic N) is 1. The Morgan fingerprint density at radius 2 is 2.29 bits per heavy atom. The molecule has 88 valence electrons. The van der Waals surface area contributed by atoms with Crippen LogP contribution in [0.25, 0.3) is 11.3 Å². The van der Waals surface area contributed by atoms with E-state index in [0.717, 1.165) is 10.8 Å². The van der Waals surface area contributed by atoms with Crippen molar-refractivity contribution in [2.75, 3.05) is 18.1 Å². The van der Waals surface area contributed by atoms with Crippen LogP contribution >= 0.6 is 23.1 Å². The molecule has 1 aliphatic heterocycles. The Bertz CT molecular complexity index is 534. The van der Waals surface area contributed by atoms with Gasteiger partial charge < -0.3 is 5.32 Å². The average molecular weight is 262 g/mol. The predicted molar refractivity (Wildman–Crippen MR) is 76.1 cm³/mol. The summed E-state index contributed by atoms with van der Waals surface area (Å²) in [6.45, 7) is 0. The van der Waals surface area contributed by atoms with Crippen LogP contribution in [0.5, 0.6) is 0 Å². The number of aryl methyl sites for hydroxylation is 1. The molecule has 0 saturated carbocycles. The summed E-state index contributed by atoms with van der Waals surface area (Å²) in [5.41, 5.74) is 3.81. The molecule has 4 heteroatoms. The van der Waals surface area contributed by atoms with Crippen LogP contribution in [0, 0.1) is 0 Å². The second-order valence-corrected chi connectivity index (χ2v) is 6.06. The Hall–Kier alpha value is -1.000. The highest BCUT2D eigenvalue weighted by molar-refractivity contribution is 7.99. The highest BCUT2D eigenvalue weighted by atomic mass is 32.2. The lowest BCUT2D eigenvalue weighted by Gasteiger charge is -2.15. The summed E-state index contributed by atoms with van der Waals surface area (Å²) >= 11 is 3.63. The van der Waals surface area contributed by atoms with Gasteiger partial charge in [0.2, 0.25) is 0 Å². The van der Waals surface area contributed by atoms with E-state index in [1.54, 1.807) is 11.3 Å². The van der Waals surface area contributed by atoms with Crippen LogP contribution in [0.4, 0.5) is 5.13 Å². The van der Waals surface area contributed by atoms with Crippen molar-refractivity contribution in [1.82, 2.24) is 4.98 Å². The Morgan fingerprint density at radius 3 is 3.12 bits per heavy atom. The molecule has 0 aliphatic carbocycles. The van der Waals surface area contributed by atoms with Crippen molar-refractivity contribution in [2.24, 2.45) is 0 Å². The van der Waals surface area contributed by atoms with Crippen molar-refractivity contribution in [3.05, 3.63) is 29.1 Å². The molecule has 1 aromatic heterocycles. The molecular formula is C13H14N2S2. The minimum atomic E-state index is 0.979. The summed E-state index contributed by atoms with van der Waals surface area (Å²) in [4.78, 5) is 6.00. The lowest BCUT2D eigenvalue weighted by Crippen LogP contribution is -1.98. The fourth-order valence-corrected chi connectivity index (χ4v) is 3.74. The molecule has 2 nitrogen and oxygen atoms in total. The molecule has 0 saturated heterocycles. The summed E-state index contributed by atoms with van der Waals surface area (Å²) in [5.74, 6) is 1.26. The number of hydrogen-bond donors (Lipinski definition) is 1. The van der Waals surface area contributed by atoms with Crippen molar-refractivity contribution in [2.45, 2.75) is 17.7 Å². The van der Waals surface area contributed by atoms with Crippen LogP contribution in [0.15, 0.2) is 28.5 Å². The zero-order valence-corrected chi connectivity index (χ0v) is 11.3. The fourth-order valence-electron chi connectivity index (χ4n) is 2.04. The van der Waals surface area contributed by atoms with Crippen molar-refractivity contribution in [1.29, 1.82) is 0 Å². The van der Waals surface area contributed by atoms with E-state index in [1.165, 1.54) is 34.6 Å². The van der Waals surface area contributed by atoms with Gasteiger partial charge in [0, 0.05) is 22.9 Å². The topological polar surface area (TPSA) is 24.9 Å². The molecular weight excluding hydrogens is 248 g/mol. The molecule has 1 aliphatic rings. The van der Waals surface area contributed by atoms with E-state index in [0.29, 0.717) is 0 Å². The lowest BCUT2D eigenvalue weighted by atomic mass is 10.0. The molecule has 2 heterocycles. The summed E-state index contributed by atoms with van der Waals surface area (Å²) in [7, 11) is 1.91. The van der Waals surface area contributed by atoms with Gasteiger partial charge in [-0.25, -0.2) is 4.98 Å². The molecule has 0 bridgehead atoms. The standard InChI is InChI=1S/C13H14N2S2/c1-14-13-15-11(8-17-13)9-4-5-12-10(7-9)3-2-6-16-12/h4-5,7-8H,2-3,6H2,1H3,(H,14,15). The SMILES string of the molecule is CNc1nc(-c2ccc3c(c2)CCCS3)cs1. The Morgan fingerprint density at radius 1 is 1.35 bits per heavy atom. The number of aromatic nitrogens is 1. The zero-order chi connectivity index (χ0) is 11.7. The third-order valence-corrected chi connectivity index (χ3v) is 4.98. The van der Waals surface area contributed by atoms with Crippen LogP contribution < -0.4 is 5.32 Å². The van der Waals surface area contributed by atoms with Crippen molar-refractivity contribution in [3.63, 3.8) is 0 Å². The van der Waals surface area contributed by atoms with E-state index in [1.807, 2.05) is 18.8 Å². The van der Waals surface area contributed by atoms with Gasteiger partial charge in [-0.05, 0) is 36.3 Å². The van der Waals surface area contributed by atoms with Crippen molar-refractivity contribution in [3.8, 4) is 11.3 Å². The van der Waals surface area contributed by atoms with E-state index in [4.69, 9.17) is 0 Å². The van der Waals surface area contributed by atoms with E-state index in [-0.39, 0.29) is 0 Å². The number of nitrogens with one attached hydrogen (secondary N) is 1. The first-order valence-electron chi connectivity index (χ1n) is 5.76. The zero-order valence-electron chi connectivity index (χ0n) is 9.69. The summed E-state index contributed by atoms with van der Waals surface area (Å²) in [6, 6.07) is 6.73. The Kier molecular flexibility index (Phi) is 3.07. The first kappa shape index (κ1) is 11.1. The van der Waals surface area contributed by atoms with Gasteiger partial charge in [0.1, 0.15) is 0 Å². The molecule has 17 heavy (non-hydrogen) atoms. The smallest absolute Gasteiger partial charge is 0.182 e. The van der Waals surface area contributed by atoms with E-state index in [2.05, 4.69) is 33.9 Å². The molecule has 0 fully saturated rings. The van der Waals surface area contributed by atoms with Gasteiger partial charge in [-0.1, -0.05) is 6.07 Å². The fraction of sp³-hybridized carbons (Fsp3) is 0.308. The van der Waals surface area contributed by atoms with Gasteiger partial charge in [-0.2, -0.15) is 0 Å². The number of benzene rings is 1. The van der Waals surface area contributed by atoms with Crippen molar-refractivity contribution < 1.29 is 0 Å². The summed E-state index contributed by atoms with van der Waals surface area (Å²) in [6.07, 6.45) is 2.50. The first-order valence-corrected chi connectivity index (χ1v) is 7.63. The van der Waals surface area contributed by atoms with Gasteiger partial charge in [0.25, 0.3) is 0 Å². The summed E-state index contributed by atoms with van der Waals surface area (Å²) < 4.78 is 0. The van der Waals surface area contributed by atoms with E-state index >= 15 is 0 Å². The van der Waals surface area contributed by atoms with Crippen molar-refractivity contribution >= 4 is 28.2 Å². The second-order valence-electron chi connectivity index (χ2n) is 4.06. The molecule has 1 aromatic carbocycles. The molecule has 3 rings (SSSR count). The summed E-state index contributed by atoms with van der Waals surface area (Å²) in [5, 5.41) is 6.18. The third-order valence-electron chi connectivity index (χ3n) is 2.92. The maximum Gasteiger partial charge on any atom is 0.182 e. The monoisotopic (exact) mass is 262 g/mol. The average Bonchev–Trinajstić information content (AvgIpc) is 2.87. The number of hydrogen-bond acceptors (Lipinski definition) is 4. The molecule has 0 atom stereocenters. The predicted octanol–water partition coefficient (Wildman–Crippen LogP) is 3.89. The molecule has 0 amide bonds. The van der Waals surface area contributed by atoms with Gasteiger partial charge in [0.15, 0.2) is 5.13 Å². The highest BCUT2D eigenvalue weighted by Gasteiger charge is 2.11. The van der Waals surface area contributed by atoms with Crippen LogP contribution in [0.3, 0.4) is 0 Å². The molecule has 1 N–H and O–H groups in total. The van der Waals surface area contributed by atoms with Crippen LogP contribution in [-0.4, -0.2) is 17.8 Å². The highest BCUT2D eigenvalue weighted by Crippen LogP contribution is 2.33. The van der Waals surface area contributed by atoms with E-state index < -0.39 is 0 Å². The van der Waals surface area contributed by atoms with Crippen LogP contribution in [-0.2, 0) is 6.42 Å². The number of anilines is 1. The molecule has 2 aromatic rings. The van der Waals surface area contributed by atoms with Crippen LogP contribution in [0.2, 0.25) is 0 Å². The maximum atomic E-state index is 4.55. The second kappa shape index (κ2) is 4.70. The van der Waals surface area contributed by atoms with Crippen LogP contribution in [0.1, 0.15) is 12.0 Å². The minimum absolute atomic E-state index is 0.979. The lowest BCUT2D eigenvalue weighted by molar-refractivity contribution is 0.890. The first-order chi connectivity index (χ1) is 8.36. The van der Waals surface area contributed by atoms with Gasteiger partial charge in [-0.3, -0.25) is 0 Å². The largest absolute Gasteiger partial charge is 0.365 e. The molecule has 0 unspecified atom stereocenters. The number of fused-ring (bicyclic) bond motifs is 1. The maximum absolute atomic E-state index is 4.55. The normalized spacial score (nSPS) is 14.4. The van der Waals surface area contributed by atoms with Gasteiger partial charge in [-0.15, -0.1) is 23.1 Å². The molecule has 0 spiro atoms. The van der Waals surface area contributed by atoms with E-state index in [9.17, 15) is 0 Å². The minimum Gasteiger partial charge on any atom is -0.365 e. The van der Waals surface area contributed by atoms with Gasteiger partial charge in [0.05, 0.1) is 5.69 Å². The number of thiazole rings is 1. The third kappa shape index (κ3) is 2.19. The quantitative estimate of drug-likeness (QED) is 0.888. The number of thioether (sulfide) groups is 1. The number of rotatable bonds is 2. The van der Waals surface area contributed by atoms with Gasteiger partial charge >= 0.3 is 0 Å². The Labute approximate surface area is 109 Å².